The van der Waals surface area contributed by atoms with E-state index in [-0.39, 0.29) is 5.91 Å². The van der Waals surface area contributed by atoms with Crippen molar-refractivity contribution in [1.29, 1.82) is 0 Å². The van der Waals surface area contributed by atoms with Gasteiger partial charge < -0.3 is 9.80 Å². The van der Waals surface area contributed by atoms with Crippen LogP contribution in [0.1, 0.15) is 16.2 Å². The molecule has 1 aliphatic heterocycles. The van der Waals surface area contributed by atoms with Gasteiger partial charge in [-0.25, -0.2) is 15.0 Å². The molecule has 1 saturated heterocycles. The van der Waals surface area contributed by atoms with Crippen molar-refractivity contribution in [2.45, 2.75) is 6.92 Å². The number of piperazine rings is 1. The van der Waals surface area contributed by atoms with Crippen LogP contribution in [0.3, 0.4) is 0 Å². The first kappa shape index (κ1) is 19.9. The maximum absolute atomic E-state index is 13.3. The van der Waals surface area contributed by atoms with Crippen molar-refractivity contribution in [3.8, 4) is 5.69 Å². The summed E-state index contributed by atoms with van der Waals surface area (Å²) in [5, 5.41) is 3.12. The summed E-state index contributed by atoms with van der Waals surface area (Å²) >= 11 is 1.62. The van der Waals surface area contributed by atoms with Crippen molar-refractivity contribution in [1.82, 2.24) is 24.4 Å². The normalized spacial score (nSPS) is 14.3. The summed E-state index contributed by atoms with van der Waals surface area (Å²) < 4.78 is 2.12. The van der Waals surface area contributed by atoms with E-state index in [4.69, 9.17) is 4.98 Å². The molecule has 3 aromatic heterocycles. The Bertz CT molecular complexity index is 1470. The number of carbonyl (C=O) groups is 1. The molecule has 2 aromatic carbocycles. The zero-order valence-corrected chi connectivity index (χ0v) is 19.0. The second kappa shape index (κ2) is 7.97. The minimum absolute atomic E-state index is 0.0480. The Labute approximate surface area is 194 Å². The number of para-hydroxylation sites is 1. The summed E-state index contributed by atoms with van der Waals surface area (Å²) in [6, 6.07) is 18.1. The number of hydrogen-bond acceptors (Lipinski definition) is 6. The van der Waals surface area contributed by atoms with E-state index in [0.717, 1.165) is 51.7 Å². The fourth-order valence-corrected chi connectivity index (χ4v) is 5.30. The van der Waals surface area contributed by atoms with Gasteiger partial charge in [0.2, 0.25) is 0 Å². The maximum atomic E-state index is 13.3. The van der Waals surface area contributed by atoms with Crippen molar-refractivity contribution in [3.05, 3.63) is 77.7 Å². The van der Waals surface area contributed by atoms with Crippen molar-refractivity contribution < 1.29 is 4.79 Å². The average molecular weight is 455 g/mol. The molecule has 1 fully saturated rings. The van der Waals surface area contributed by atoms with Crippen LogP contribution < -0.4 is 4.90 Å². The molecule has 164 valence electrons. The minimum Gasteiger partial charge on any atom is -0.352 e. The van der Waals surface area contributed by atoms with Gasteiger partial charge in [0.25, 0.3) is 5.91 Å². The number of nitrogens with zero attached hydrogens (tertiary/aromatic N) is 6. The Kier molecular flexibility index (Phi) is 4.80. The molecule has 7 nitrogen and oxygen atoms in total. The number of imidazole rings is 1. The topological polar surface area (TPSA) is 67.2 Å². The molecule has 1 aliphatic rings. The molecule has 0 bridgehead atoms. The molecule has 4 heterocycles. The molecule has 6 rings (SSSR count). The molecule has 8 heteroatoms. The molecule has 0 N–H and O–H groups in total. The third kappa shape index (κ3) is 3.43. The number of benzene rings is 2. The zero-order chi connectivity index (χ0) is 22.4. The Morgan fingerprint density at radius 1 is 0.970 bits per heavy atom. The van der Waals surface area contributed by atoms with Gasteiger partial charge in [-0.1, -0.05) is 18.2 Å². The van der Waals surface area contributed by atoms with Crippen molar-refractivity contribution in [2.75, 3.05) is 31.1 Å². The Morgan fingerprint density at radius 3 is 2.61 bits per heavy atom. The number of amides is 1. The maximum Gasteiger partial charge on any atom is 0.254 e. The SMILES string of the molecule is Cc1nc2cc(C(=O)N3CCN(c4ncnc5sccc45)CC3)ccc2n1-c1ccccc1. The van der Waals surface area contributed by atoms with Crippen molar-refractivity contribution in [3.63, 3.8) is 0 Å². The second-order valence-corrected chi connectivity index (χ2v) is 9.04. The average Bonchev–Trinajstić information content (AvgIpc) is 3.47. The van der Waals surface area contributed by atoms with Crippen LogP contribution in [0.15, 0.2) is 66.3 Å². The van der Waals surface area contributed by atoms with Gasteiger partial charge in [-0.3, -0.25) is 9.36 Å². The first-order valence-corrected chi connectivity index (χ1v) is 11.8. The van der Waals surface area contributed by atoms with E-state index in [0.29, 0.717) is 18.7 Å². The van der Waals surface area contributed by atoms with E-state index in [1.165, 1.54) is 0 Å². The molecule has 0 saturated carbocycles. The predicted octanol–water partition coefficient (Wildman–Crippen LogP) is 4.30. The van der Waals surface area contributed by atoms with Crippen molar-refractivity contribution in [2.24, 2.45) is 0 Å². The van der Waals surface area contributed by atoms with Crippen LogP contribution in [0.4, 0.5) is 5.82 Å². The minimum atomic E-state index is 0.0480. The Morgan fingerprint density at radius 2 is 1.79 bits per heavy atom. The van der Waals surface area contributed by atoms with Crippen LogP contribution >= 0.6 is 11.3 Å². The van der Waals surface area contributed by atoms with Crippen LogP contribution in [-0.4, -0.2) is 56.5 Å². The lowest BCUT2D eigenvalue weighted by Crippen LogP contribution is -2.49. The third-order valence-corrected chi connectivity index (χ3v) is 7.01. The van der Waals surface area contributed by atoms with Gasteiger partial charge in [0.05, 0.1) is 16.4 Å². The summed E-state index contributed by atoms with van der Waals surface area (Å²) in [4.78, 5) is 32.0. The summed E-state index contributed by atoms with van der Waals surface area (Å²) in [5.41, 5.74) is 3.58. The highest BCUT2D eigenvalue weighted by molar-refractivity contribution is 7.16. The van der Waals surface area contributed by atoms with Gasteiger partial charge in [-0.2, -0.15) is 0 Å². The highest BCUT2D eigenvalue weighted by Crippen LogP contribution is 2.28. The van der Waals surface area contributed by atoms with Crippen molar-refractivity contribution >= 4 is 44.3 Å². The van der Waals surface area contributed by atoms with Gasteiger partial charge >= 0.3 is 0 Å². The van der Waals surface area contributed by atoms with Crippen LogP contribution in [0, 0.1) is 6.92 Å². The highest BCUT2D eigenvalue weighted by Gasteiger charge is 2.25. The number of aryl methyl sites for hydroxylation is 1. The molecular formula is C25H22N6OS. The molecule has 0 radical (unpaired) electrons. The second-order valence-electron chi connectivity index (χ2n) is 8.15. The van der Waals surface area contributed by atoms with E-state index in [9.17, 15) is 4.79 Å². The lowest BCUT2D eigenvalue weighted by Gasteiger charge is -2.35. The molecule has 0 spiro atoms. The first-order valence-electron chi connectivity index (χ1n) is 11.0. The summed E-state index contributed by atoms with van der Waals surface area (Å²) in [5.74, 6) is 1.91. The molecular weight excluding hydrogens is 432 g/mol. The Balaban J connectivity index is 1.22. The summed E-state index contributed by atoms with van der Waals surface area (Å²) in [7, 11) is 0. The number of hydrogen-bond donors (Lipinski definition) is 0. The number of anilines is 1. The first-order chi connectivity index (χ1) is 16.2. The Hall–Kier alpha value is -3.78. The quantitative estimate of drug-likeness (QED) is 0.407. The zero-order valence-electron chi connectivity index (χ0n) is 18.2. The molecule has 0 atom stereocenters. The van der Waals surface area contributed by atoms with Gasteiger partial charge in [0.1, 0.15) is 22.8 Å². The van der Waals surface area contributed by atoms with Crippen LogP contribution in [-0.2, 0) is 0 Å². The smallest absolute Gasteiger partial charge is 0.254 e. The monoisotopic (exact) mass is 454 g/mol. The number of rotatable bonds is 3. The van der Waals surface area contributed by atoms with E-state index in [1.807, 2.05) is 53.6 Å². The third-order valence-electron chi connectivity index (χ3n) is 6.19. The lowest BCUT2D eigenvalue weighted by atomic mass is 10.1. The number of aromatic nitrogens is 4. The van der Waals surface area contributed by atoms with Crippen LogP contribution in [0.25, 0.3) is 26.9 Å². The summed E-state index contributed by atoms with van der Waals surface area (Å²) in [6.45, 7) is 4.80. The van der Waals surface area contributed by atoms with Gasteiger partial charge in [-0.15, -0.1) is 11.3 Å². The number of fused-ring (bicyclic) bond motifs is 2. The fraction of sp³-hybridized carbons (Fsp3) is 0.200. The number of carbonyl (C=O) groups excluding carboxylic acids is 1. The molecule has 1 amide bonds. The van der Waals surface area contributed by atoms with E-state index < -0.39 is 0 Å². The van der Waals surface area contributed by atoms with Gasteiger partial charge in [0, 0.05) is 37.4 Å². The van der Waals surface area contributed by atoms with Gasteiger partial charge in [-0.05, 0) is 48.7 Å². The van der Waals surface area contributed by atoms with E-state index >= 15 is 0 Å². The molecule has 33 heavy (non-hydrogen) atoms. The van der Waals surface area contributed by atoms with E-state index in [2.05, 4.69) is 37.6 Å². The summed E-state index contributed by atoms with van der Waals surface area (Å²) in [6.07, 6.45) is 1.62. The number of thiophene rings is 1. The van der Waals surface area contributed by atoms with Crippen LogP contribution in [0.2, 0.25) is 0 Å². The lowest BCUT2D eigenvalue weighted by molar-refractivity contribution is 0.0746. The van der Waals surface area contributed by atoms with E-state index in [1.54, 1.807) is 17.7 Å². The molecule has 0 unspecified atom stereocenters. The van der Waals surface area contributed by atoms with Crippen LogP contribution in [0.5, 0.6) is 0 Å². The predicted molar refractivity (Wildman–Crippen MR) is 131 cm³/mol. The molecule has 0 aliphatic carbocycles. The largest absolute Gasteiger partial charge is 0.352 e. The fourth-order valence-electron chi connectivity index (χ4n) is 4.57. The molecule has 5 aromatic rings. The standard InChI is InChI=1S/C25H22N6OS/c1-17-28-21-15-18(7-8-22(21)31(17)19-5-3-2-4-6-19)25(32)30-12-10-29(11-13-30)23-20-9-14-33-24(20)27-16-26-23/h2-9,14-16H,10-13H2,1H3. The highest BCUT2D eigenvalue weighted by atomic mass is 32.1. The van der Waals surface area contributed by atoms with Gasteiger partial charge in [0.15, 0.2) is 0 Å².